The molecule has 0 aromatic carbocycles. The Kier molecular flexibility index (Phi) is 4.83. The van der Waals surface area contributed by atoms with Crippen molar-refractivity contribution >= 4 is 16.0 Å². The van der Waals surface area contributed by atoms with Gasteiger partial charge in [0.15, 0.2) is 0 Å². The lowest BCUT2D eigenvalue weighted by Crippen LogP contribution is -2.26. The Labute approximate surface area is 102 Å². The number of hydrogen-bond acceptors (Lipinski definition) is 5. The van der Waals surface area contributed by atoms with Gasteiger partial charge in [0, 0.05) is 20.3 Å². The van der Waals surface area contributed by atoms with Gasteiger partial charge in [-0.05, 0) is 12.5 Å². The number of nitrogens with zero attached hydrogens (tertiary/aromatic N) is 3. The summed E-state index contributed by atoms with van der Waals surface area (Å²) in [5.74, 6) is 0.704. The molecule has 1 aromatic rings. The molecule has 0 saturated carbocycles. The van der Waals surface area contributed by atoms with Gasteiger partial charge in [-0.3, -0.25) is 0 Å². The highest BCUT2D eigenvalue weighted by Gasteiger charge is 2.09. The van der Waals surface area contributed by atoms with E-state index >= 15 is 0 Å². The Morgan fingerprint density at radius 3 is 2.71 bits per heavy atom. The first-order valence-corrected chi connectivity index (χ1v) is 7.06. The van der Waals surface area contributed by atoms with Crippen LogP contribution in [0.5, 0.6) is 0 Å². The summed E-state index contributed by atoms with van der Waals surface area (Å²) in [6, 6.07) is 1.70. The van der Waals surface area contributed by atoms with Crippen LogP contribution in [0.4, 0.5) is 5.95 Å². The first-order valence-electron chi connectivity index (χ1n) is 5.41. The molecule has 0 radical (unpaired) electrons. The highest BCUT2D eigenvalue weighted by atomic mass is 32.2. The van der Waals surface area contributed by atoms with Gasteiger partial charge in [0.2, 0.25) is 16.0 Å². The van der Waals surface area contributed by atoms with Crippen molar-refractivity contribution in [3.8, 4) is 0 Å². The number of rotatable bonds is 6. The largest absolute Gasteiger partial charge is 0.347 e. The highest BCUT2D eigenvalue weighted by Crippen LogP contribution is 2.03. The van der Waals surface area contributed by atoms with Crippen LogP contribution in [-0.4, -0.2) is 38.2 Å². The van der Waals surface area contributed by atoms with Gasteiger partial charge in [-0.1, -0.05) is 6.92 Å². The minimum Gasteiger partial charge on any atom is -0.347 e. The summed E-state index contributed by atoms with van der Waals surface area (Å²) in [6.45, 7) is 2.03. The van der Waals surface area contributed by atoms with Gasteiger partial charge in [0.05, 0.1) is 18.0 Å². The zero-order chi connectivity index (χ0) is 12.9. The fourth-order valence-electron chi connectivity index (χ4n) is 1.22. The smallest absolute Gasteiger partial charge is 0.225 e. The predicted octanol–water partition coefficient (Wildman–Crippen LogP) is 0.372. The van der Waals surface area contributed by atoms with Crippen molar-refractivity contribution in [2.75, 3.05) is 24.7 Å². The second-order valence-corrected chi connectivity index (χ2v) is 5.81. The minimum absolute atomic E-state index is 0.138. The molecule has 0 aliphatic carbocycles. The molecule has 0 atom stereocenters. The summed E-state index contributed by atoms with van der Waals surface area (Å²) >= 11 is 0. The van der Waals surface area contributed by atoms with Crippen molar-refractivity contribution in [3.05, 3.63) is 18.0 Å². The van der Waals surface area contributed by atoms with Crippen molar-refractivity contribution in [2.45, 2.75) is 19.9 Å². The zero-order valence-corrected chi connectivity index (χ0v) is 11.2. The Morgan fingerprint density at radius 2 is 2.12 bits per heavy atom. The monoisotopic (exact) mass is 258 g/mol. The van der Waals surface area contributed by atoms with E-state index in [0.29, 0.717) is 18.1 Å². The summed E-state index contributed by atoms with van der Waals surface area (Å²) in [5.41, 5.74) is 0.656. The van der Waals surface area contributed by atoms with Crippen LogP contribution in [0.15, 0.2) is 12.3 Å². The molecule has 1 rings (SSSR count). The van der Waals surface area contributed by atoms with E-state index in [1.54, 1.807) is 17.2 Å². The van der Waals surface area contributed by atoms with Crippen molar-refractivity contribution in [2.24, 2.45) is 0 Å². The number of nitrogens with one attached hydrogen (secondary N) is 1. The molecule has 0 spiro atoms. The normalized spacial score (nSPS) is 11.5. The first kappa shape index (κ1) is 13.9. The van der Waals surface area contributed by atoms with Gasteiger partial charge in [0.25, 0.3) is 0 Å². The van der Waals surface area contributed by atoms with E-state index in [1.165, 1.54) is 0 Å². The maximum absolute atomic E-state index is 11.5. The van der Waals surface area contributed by atoms with Crippen LogP contribution in [-0.2, 0) is 16.6 Å². The van der Waals surface area contributed by atoms with Crippen LogP contribution in [0.25, 0.3) is 0 Å². The first-order chi connectivity index (χ1) is 7.94. The fraction of sp³-hybridized carbons (Fsp3) is 0.600. The molecule has 0 saturated heterocycles. The van der Waals surface area contributed by atoms with E-state index in [9.17, 15) is 8.42 Å². The van der Waals surface area contributed by atoms with E-state index in [1.807, 2.05) is 21.0 Å². The van der Waals surface area contributed by atoms with Crippen LogP contribution in [0.2, 0.25) is 0 Å². The van der Waals surface area contributed by atoms with Crippen molar-refractivity contribution in [1.29, 1.82) is 0 Å². The molecule has 0 amide bonds. The van der Waals surface area contributed by atoms with Crippen LogP contribution < -0.4 is 9.62 Å². The second-order valence-electron chi connectivity index (χ2n) is 3.88. The van der Waals surface area contributed by atoms with E-state index in [-0.39, 0.29) is 12.3 Å². The van der Waals surface area contributed by atoms with Gasteiger partial charge in [-0.2, -0.15) is 0 Å². The third-order valence-corrected chi connectivity index (χ3v) is 3.58. The van der Waals surface area contributed by atoms with Crippen molar-refractivity contribution < 1.29 is 8.42 Å². The third kappa shape index (κ3) is 4.66. The molecule has 1 heterocycles. The number of anilines is 1. The Bertz CT molecular complexity index is 459. The summed E-state index contributed by atoms with van der Waals surface area (Å²) in [7, 11) is 0.480. The van der Waals surface area contributed by atoms with Crippen LogP contribution in [0.3, 0.4) is 0 Å². The molecule has 0 bridgehead atoms. The molecule has 7 heteroatoms. The molecule has 1 aromatic heterocycles. The number of hydrogen-bond donors (Lipinski definition) is 1. The molecule has 96 valence electrons. The third-order valence-electron chi connectivity index (χ3n) is 2.05. The van der Waals surface area contributed by atoms with E-state index in [2.05, 4.69) is 14.7 Å². The molecular formula is C10H18N4O2S. The minimum atomic E-state index is -3.19. The zero-order valence-electron chi connectivity index (χ0n) is 10.3. The number of aromatic nitrogens is 2. The highest BCUT2D eigenvalue weighted by molar-refractivity contribution is 7.89. The summed E-state index contributed by atoms with van der Waals surface area (Å²) in [6.07, 6.45) is 2.22. The molecule has 0 aliphatic heterocycles. The lowest BCUT2D eigenvalue weighted by molar-refractivity contribution is 0.579. The van der Waals surface area contributed by atoms with Crippen LogP contribution in [0, 0.1) is 0 Å². The van der Waals surface area contributed by atoms with Gasteiger partial charge in [0.1, 0.15) is 0 Å². The maximum Gasteiger partial charge on any atom is 0.225 e. The SMILES string of the molecule is CCCS(=O)(=O)NCc1ccnc(N(C)C)n1. The average Bonchev–Trinajstić information content (AvgIpc) is 2.27. The molecule has 1 N–H and O–H groups in total. The van der Waals surface area contributed by atoms with E-state index in [4.69, 9.17) is 0 Å². The molecule has 0 unspecified atom stereocenters. The van der Waals surface area contributed by atoms with Gasteiger partial charge in [-0.15, -0.1) is 0 Å². The van der Waals surface area contributed by atoms with Gasteiger partial charge in [-0.25, -0.2) is 23.1 Å². The topological polar surface area (TPSA) is 75.2 Å². The lowest BCUT2D eigenvalue weighted by atomic mass is 10.4. The fourth-order valence-corrected chi connectivity index (χ4v) is 2.27. The number of sulfonamides is 1. The average molecular weight is 258 g/mol. The Hall–Kier alpha value is -1.21. The van der Waals surface area contributed by atoms with Crippen LogP contribution in [0.1, 0.15) is 19.0 Å². The Morgan fingerprint density at radius 1 is 1.41 bits per heavy atom. The Balaban J connectivity index is 2.67. The molecule has 17 heavy (non-hydrogen) atoms. The van der Waals surface area contributed by atoms with E-state index < -0.39 is 10.0 Å². The molecule has 0 fully saturated rings. The summed E-state index contributed by atoms with van der Waals surface area (Å²) in [4.78, 5) is 10.0. The van der Waals surface area contributed by atoms with Crippen molar-refractivity contribution in [1.82, 2.24) is 14.7 Å². The maximum atomic E-state index is 11.5. The predicted molar refractivity (Wildman–Crippen MR) is 67.3 cm³/mol. The summed E-state index contributed by atoms with van der Waals surface area (Å²) < 4.78 is 25.4. The molecule has 6 nitrogen and oxygen atoms in total. The molecule has 0 aliphatic rings. The lowest BCUT2D eigenvalue weighted by Gasteiger charge is -2.11. The van der Waals surface area contributed by atoms with Crippen molar-refractivity contribution in [3.63, 3.8) is 0 Å². The molecular weight excluding hydrogens is 240 g/mol. The van der Waals surface area contributed by atoms with Crippen LogP contribution >= 0.6 is 0 Å². The quantitative estimate of drug-likeness (QED) is 0.798. The van der Waals surface area contributed by atoms with Gasteiger partial charge < -0.3 is 4.90 Å². The van der Waals surface area contributed by atoms with E-state index in [0.717, 1.165) is 0 Å². The second kappa shape index (κ2) is 5.92. The standard InChI is InChI=1S/C10H18N4O2S/c1-4-7-17(15,16)12-8-9-5-6-11-10(13-9)14(2)3/h5-6,12H,4,7-8H2,1-3H3. The van der Waals surface area contributed by atoms with Gasteiger partial charge >= 0.3 is 0 Å². The summed E-state index contributed by atoms with van der Waals surface area (Å²) in [5, 5.41) is 0.